The third-order valence-corrected chi connectivity index (χ3v) is 3.70. The van der Waals surface area contributed by atoms with Gasteiger partial charge >= 0.3 is 5.97 Å². The van der Waals surface area contributed by atoms with Gasteiger partial charge in [0, 0.05) is 31.9 Å². The molecule has 0 aliphatic rings. The summed E-state index contributed by atoms with van der Waals surface area (Å²) in [4.78, 5) is 29.6. The van der Waals surface area contributed by atoms with Gasteiger partial charge in [0.2, 0.25) is 5.88 Å². The van der Waals surface area contributed by atoms with Gasteiger partial charge in [0.1, 0.15) is 11.5 Å². The van der Waals surface area contributed by atoms with Crippen molar-refractivity contribution >= 4 is 11.9 Å². The first-order valence-electron chi connectivity index (χ1n) is 8.48. The minimum atomic E-state index is -0.492. The minimum Gasteiger partial charge on any atom is -0.491 e. The number of aromatic nitrogens is 1. The summed E-state index contributed by atoms with van der Waals surface area (Å²) in [5.41, 5.74) is 1.50. The fraction of sp³-hybridized carbons (Fsp3) is 0.350. The van der Waals surface area contributed by atoms with E-state index in [1.54, 1.807) is 38.4 Å². The summed E-state index contributed by atoms with van der Waals surface area (Å²) < 4.78 is 16.4. The molecule has 144 valence electrons. The number of amides is 1. The van der Waals surface area contributed by atoms with E-state index in [2.05, 4.69) is 4.98 Å². The molecule has 7 nitrogen and oxygen atoms in total. The van der Waals surface area contributed by atoms with Crippen molar-refractivity contribution in [2.45, 2.75) is 26.9 Å². The van der Waals surface area contributed by atoms with Crippen molar-refractivity contribution in [1.82, 2.24) is 9.88 Å². The summed E-state index contributed by atoms with van der Waals surface area (Å²) in [7, 11) is 4.66. The quantitative estimate of drug-likeness (QED) is 0.723. The van der Waals surface area contributed by atoms with Gasteiger partial charge in [-0.05, 0) is 39.0 Å². The monoisotopic (exact) mass is 372 g/mol. The molecule has 1 aromatic carbocycles. The molecule has 0 aliphatic carbocycles. The van der Waals surface area contributed by atoms with Crippen LogP contribution in [0.25, 0.3) is 0 Å². The van der Waals surface area contributed by atoms with Crippen molar-refractivity contribution in [1.29, 1.82) is 0 Å². The fourth-order valence-electron chi connectivity index (χ4n) is 2.32. The van der Waals surface area contributed by atoms with Gasteiger partial charge in [-0.2, -0.15) is 0 Å². The number of hydrogen-bond donors (Lipinski definition) is 0. The Kier molecular flexibility index (Phi) is 6.39. The smallest absolute Gasteiger partial charge is 0.338 e. The van der Waals surface area contributed by atoms with Gasteiger partial charge in [0.25, 0.3) is 5.91 Å². The predicted molar refractivity (Wildman–Crippen MR) is 101 cm³/mol. The Morgan fingerprint density at radius 2 is 1.74 bits per heavy atom. The number of hydrogen-bond acceptors (Lipinski definition) is 6. The van der Waals surface area contributed by atoms with Crippen LogP contribution in [0.5, 0.6) is 17.4 Å². The van der Waals surface area contributed by atoms with Gasteiger partial charge in [-0.1, -0.05) is 0 Å². The molecule has 1 heterocycles. The lowest BCUT2D eigenvalue weighted by Gasteiger charge is -2.17. The molecule has 0 N–H and O–H groups in total. The van der Waals surface area contributed by atoms with Gasteiger partial charge in [-0.15, -0.1) is 0 Å². The van der Waals surface area contributed by atoms with Crippen molar-refractivity contribution in [2.75, 3.05) is 21.2 Å². The number of rotatable bonds is 6. The predicted octanol–water partition coefficient (Wildman–Crippen LogP) is 3.46. The maximum atomic E-state index is 12.0. The Hall–Kier alpha value is -3.09. The molecule has 0 saturated heterocycles. The zero-order chi connectivity index (χ0) is 20.1. The highest BCUT2D eigenvalue weighted by Gasteiger charge is 2.17. The maximum Gasteiger partial charge on any atom is 0.338 e. The van der Waals surface area contributed by atoms with Crippen molar-refractivity contribution in [3.05, 3.63) is 47.2 Å². The van der Waals surface area contributed by atoms with Crippen molar-refractivity contribution in [2.24, 2.45) is 0 Å². The summed E-state index contributed by atoms with van der Waals surface area (Å²) in [6.07, 6.45) is 1.38. The van der Waals surface area contributed by atoms with E-state index in [9.17, 15) is 9.59 Å². The highest BCUT2D eigenvalue weighted by Crippen LogP contribution is 2.33. The van der Waals surface area contributed by atoms with E-state index in [1.807, 2.05) is 20.8 Å². The van der Waals surface area contributed by atoms with E-state index >= 15 is 0 Å². The van der Waals surface area contributed by atoms with Crippen LogP contribution in [-0.4, -0.2) is 49.1 Å². The van der Waals surface area contributed by atoms with Crippen LogP contribution in [0.15, 0.2) is 30.5 Å². The van der Waals surface area contributed by atoms with Crippen LogP contribution in [0.1, 0.15) is 40.1 Å². The van der Waals surface area contributed by atoms with Crippen molar-refractivity contribution < 1.29 is 23.8 Å². The molecule has 27 heavy (non-hydrogen) atoms. The lowest BCUT2D eigenvalue weighted by molar-refractivity contribution is 0.0599. The van der Waals surface area contributed by atoms with E-state index < -0.39 is 5.97 Å². The molecule has 0 unspecified atom stereocenters. The molecule has 0 atom stereocenters. The van der Waals surface area contributed by atoms with E-state index in [4.69, 9.17) is 14.2 Å². The minimum absolute atomic E-state index is 0.0705. The first kappa shape index (κ1) is 20.2. The maximum absolute atomic E-state index is 12.0. The van der Waals surface area contributed by atoms with Crippen molar-refractivity contribution in [3.8, 4) is 17.4 Å². The molecule has 1 amide bonds. The number of benzene rings is 1. The van der Waals surface area contributed by atoms with Gasteiger partial charge in [-0.25, -0.2) is 9.78 Å². The summed E-state index contributed by atoms with van der Waals surface area (Å²) in [6.45, 7) is 5.62. The highest BCUT2D eigenvalue weighted by molar-refractivity contribution is 5.93. The van der Waals surface area contributed by atoms with Crippen molar-refractivity contribution in [3.63, 3.8) is 0 Å². The van der Waals surface area contributed by atoms with Crippen LogP contribution in [0.2, 0.25) is 0 Å². The van der Waals surface area contributed by atoms with E-state index in [-0.39, 0.29) is 12.0 Å². The number of carbonyl (C=O) groups excluding carboxylic acids is 2. The SMILES string of the molecule is COC(=O)c1cc(Oc2ccc(C(=O)N(C)C)cn2)c(C)c(OC(C)C)c1. The van der Waals surface area contributed by atoms with Crippen LogP contribution in [0.3, 0.4) is 0 Å². The Bertz CT molecular complexity index is 829. The molecule has 1 aromatic heterocycles. The second kappa shape index (κ2) is 8.53. The Labute approximate surface area is 158 Å². The van der Waals surface area contributed by atoms with Gasteiger partial charge < -0.3 is 19.1 Å². The number of esters is 1. The van der Waals surface area contributed by atoms with Gasteiger partial charge in [0.05, 0.1) is 24.3 Å². The molecule has 2 aromatic rings. The molecule has 2 rings (SSSR count). The van der Waals surface area contributed by atoms with Crippen LogP contribution < -0.4 is 9.47 Å². The summed E-state index contributed by atoms with van der Waals surface area (Å²) in [6, 6.07) is 6.44. The molecule has 0 aliphatic heterocycles. The topological polar surface area (TPSA) is 78.0 Å². The van der Waals surface area contributed by atoms with E-state index in [0.29, 0.717) is 28.5 Å². The number of methoxy groups -OCH3 is 1. The zero-order valence-electron chi connectivity index (χ0n) is 16.4. The third kappa shape index (κ3) is 4.97. The van der Waals surface area contributed by atoms with Gasteiger partial charge in [0.15, 0.2) is 0 Å². The molecular formula is C20H24N2O5. The molecule has 7 heteroatoms. The highest BCUT2D eigenvalue weighted by atomic mass is 16.5. The first-order chi connectivity index (χ1) is 12.7. The molecule has 0 spiro atoms. The lowest BCUT2D eigenvalue weighted by atomic mass is 10.1. The van der Waals surface area contributed by atoms with Crippen LogP contribution in [-0.2, 0) is 4.74 Å². The summed E-state index contributed by atoms with van der Waals surface area (Å²) in [5.74, 6) is 0.611. The fourth-order valence-corrected chi connectivity index (χ4v) is 2.32. The summed E-state index contributed by atoms with van der Waals surface area (Å²) in [5, 5.41) is 0. The Balaban J connectivity index is 2.36. The molecule has 0 bridgehead atoms. The van der Waals surface area contributed by atoms with Crippen LogP contribution in [0.4, 0.5) is 0 Å². The number of carbonyl (C=O) groups is 2. The zero-order valence-corrected chi connectivity index (χ0v) is 16.4. The van der Waals surface area contributed by atoms with E-state index in [1.165, 1.54) is 18.2 Å². The second-order valence-corrected chi connectivity index (χ2v) is 6.44. The molecular weight excluding hydrogens is 348 g/mol. The van der Waals surface area contributed by atoms with E-state index in [0.717, 1.165) is 5.56 Å². The number of pyridine rings is 1. The lowest BCUT2D eigenvalue weighted by Crippen LogP contribution is -2.21. The van der Waals surface area contributed by atoms with Crippen LogP contribution in [0, 0.1) is 6.92 Å². The third-order valence-electron chi connectivity index (χ3n) is 3.70. The van der Waals surface area contributed by atoms with Crippen LogP contribution >= 0.6 is 0 Å². The largest absolute Gasteiger partial charge is 0.491 e. The van der Waals surface area contributed by atoms with Gasteiger partial charge in [-0.3, -0.25) is 4.79 Å². The Morgan fingerprint density at radius 3 is 2.26 bits per heavy atom. The average Bonchev–Trinajstić information content (AvgIpc) is 2.63. The standard InChI is InChI=1S/C20H24N2O5/c1-12(2)26-16-9-15(20(24)25-6)10-17(13(16)3)27-18-8-7-14(11-21-18)19(23)22(4)5/h7-12H,1-6H3. The Morgan fingerprint density at radius 1 is 1.07 bits per heavy atom. The molecule has 0 fully saturated rings. The average molecular weight is 372 g/mol. The second-order valence-electron chi connectivity index (χ2n) is 6.44. The number of ether oxygens (including phenoxy) is 3. The first-order valence-corrected chi connectivity index (χ1v) is 8.48. The summed E-state index contributed by atoms with van der Waals surface area (Å²) >= 11 is 0. The normalized spacial score (nSPS) is 10.5. The number of nitrogens with zero attached hydrogens (tertiary/aromatic N) is 2. The molecule has 0 saturated carbocycles. The molecule has 0 radical (unpaired) electrons.